The quantitative estimate of drug-likeness (QED) is 0.728. The SMILES string of the molecule is CCCCc1cnc(CSc2cnc(Br)s2)o1. The van der Waals surface area contributed by atoms with E-state index in [2.05, 4.69) is 32.8 Å². The lowest BCUT2D eigenvalue weighted by Gasteiger charge is -1.94. The van der Waals surface area contributed by atoms with Crippen LogP contribution in [0.5, 0.6) is 0 Å². The highest BCUT2D eigenvalue weighted by Crippen LogP contribution is 2.30. The van der Waals surface area contributed by atoms with E-state index in [9.17, 15) is 0 Å². The van der Waals surface area contributed by atoms with E-state index in [-0.39, 0.29) is 0 Å². The molecule has 0 bridgehead atoms. The first-order valence-corrected chi connectivity index (χ1v) is 8.05. The van der Waals surface area contributed by atoms with Gasteiger partial charge in [-0.15, -0.1) is 23.1 Å². The number of aryl methyl sites for hydroxylation is 1. The lowest BCUT2D eigenvalue weighted by molar-refractivity contribution is 0.465. The first-order valence-electron chi connectivity index (χ1n) is 5.45. The van der Waals surface area contributed by atoms with Gasteiger partial charge in [0.05, 0.1) is 22.4 Å². The molecule has 0 radical (unpaired) electrons. The van der Waals surface area contributed by atoms with Crippen LogP contribution in [-0.2, 0) is 12.2 Å². The number of hydrogen-bond donors (Lipinski definition) is 0. The highest BCUT2D eigenvalue weighted by atomic mass is 79.9. The smallest absolute Gasteiger partial charge is 0.204 e. The van der Waals surface area contributed by atoms with Gasteiger partial charge in [0.1, 0.15) is 5.76 Å². The number of thiazole rings is 1. The molecule has 17 heavy (non-hydrogen) atoms. The molecule has 0 aliphatic heterocycles. The molecule has 0 amide bonds. The van der Waals surface area contributed by atoms with Crippen LogP contribution in [0.1, 0.15) is 31.4 Å². The van der Waals surface area contributed by atoms with Crippen LogP contribution in [0.15, 0.2) is 24.9 Å². The van der Waals surface area contributed by atoms with Gasteiger partial charge in [0, 0.05) is 6.42 Å². The summed E-state index contributed by atoms with van der Waals surface area (Å²) in [4.78, 5) is 8.41. The van der Waals surface area contributed by atoms with Gasteiger partial charge in [0.2, 0.25) is 5.89 Å². The summed E-state index contributed by atoms with van der Waals surface area (Å²) in [6.45, 7) is 2.18. The first-order chi connectivity index (χ1) is 8.28. The maximum atomic E-state index is 5.65. The molecule has 0 aromatic carbocycles. The zero-order valence-corrected chi connectivity index (χ0v) is 12.7. The minimum absolute atomic E-state index is 0.765. The number of unbranched alkanes of at least 4 members (excludes halogenated alkanes) is 1. The monoisotopic (exact) mass is 332 g/mol. The highest BCUT2D eigenvalue weighted by molar-refractivity contribution is 9.11. The molecule has 92 valence electrons. The third-order valence-electron chi connectivity index (χ3n) is 2.17. The summed E-state index contributed by atoms with van der Waals surface area (Å²) in [5, 5.41) is 0. The summed E-state index contributed by atoms with van der Waals surface area (Å²) in [6, 6.07) is 0. The molecule has 0 atom stereocenters. The summed E-state index contributed by atoms with van der Waals surface area (Å²) < 4.78 is 7.74. The van der Waals surface area contributed by atoms with Crippen LogP contribution in [-0.4, -0.2) is 9.97 Å². The topological polar surface area (TPSA) is 38.9 Å². The van der Waals surface area contributed by atoms with Crippen LogP contribution in [0.25, 0.3) is 0 Å². The summed E-state index contributed by atoms with van der Waals surface area (Å²) in [5.74, 6) is 2.55. The normalized spacial score (nSPS) is 10.9. The summed E-state index contributed by atoms with van der Waals surface area (Å²) >= 11 is 6.67. The van der Waals surface area contributed by atoms with Crippen molar-refractivity contribution in [1.29, 1.82) is 0 Å². The summed E-state index contributed by atoms with van der Waals surface area (Å²) in [5.41, 5.74) is 0. The predicted octanol–water partition coefficient (Wildman–Crippen LogP) is 4.53. The Balaban J connectivity index is 1.84. The van der Waals surface area contributed by atoms with Crippen LogP contribution in [0, 0.1) is 0 Å². The number of rotatable bonds is 6. The second-order valence-corrected chi connectivity index (χ2v) is 7.13. The maximum absolute atomic E-state index is 5.65. The molecule has 0 fully saturated rings. The number of aromatic nitrogens is 2. The number of nitrogens with zero attached hydrogens (tertiary/aromatic N) is 2. The largest absolute Gasteiger partial charge is 0.445 e. The zero-order valence-electron chi connectivity index (χ0n) is 9.48. The third kappa shape index (κ3) is 4.12. The molecule has 2 aromatic heterocycles. The molecule has 3 nitrogen and oxygen atoms in total. The Labute approximate surface area is 117 Å². The second-order valence-electron chi connectivity index (χ2n) is 3.54. The van der Waals surface area contributed by atoms with Crippen molar-refractivity contribution < 1.29 is 4.42 Å². The van der Waals surface area contributed by atoms with Crippen molar-refractivity contribution in [2.24, 2.45) is 0 Å². The van der Waals surface area contributed by atoms with Crippen LogP contribution in [0.3, 0.4) is 0 Å². The fraction of sp³-hybridized carbons (Fsp3) is 0.455. The summed E-state index contributed by atoms with van der Waals surface area (Å²) in [7, 11) is 0. The van der Waals surface area contributed by atoms with Crippen LogP contribution in [0.2, 0.25) is 0 Å². The van der Waals surface area contributed by atoms with Crippen LogP contribution in [0.4, 0.5) is 0 Å². The Morgan fingerprint density at radius 1 is 1.41 bits per heavy atom. The predicted molar refractivity (Wildman–Crippen MR) is 74.5 cm³/mol. The minimum atomic E-state index is 0.765. The summed E-state index contributed by atoms with van der Waals surface area (Å²) in [6.07, 6.45) is 7.03. The highest BCUT2D eigenvalue weighted by Gasteiger charge is 2.06. The van der Waals surface area contributed by atoms with E-state index < -0.39 is 0 Å². The van der Waals surface area contributed by atoms with E-state index in [1.165, 1.54) is 10.6 Å². The van der Waals surface area contributed by atoms with Crippen molar-refractivity contribution in [1.82, 2.24) is 9.97 Å². The lowest BCUT2D eigenvalue weighted by Crippen LogP contribution is -1.79. The van der Waals surface area contributed by atoms with Crippen molar-refractivity contribution in [2.45, 2.75) is 36.1 Å². The Kier molecular flexibility index (Phi) is 5.06. The maximum Gasteiger partial charge on any atom is 0.204 e. The van der Waals surface area contributed by atoms with Gasteiger partial charge >= 0.3 is 0 Å². The zero-order chi connectivity index (χ0) is 12.1. The fourth-order valence-corrected chi connectivity index (χ4v) is 3.82. The Bertz CT molecular complexity index is 469. The number of hydrogen-bond acceptors (Lipinski definition) is 5. The van der Waals surface area contributed by atoms with E-state index in [4.69, 9.17) is 4.42 Å². The average molecular weight is 333 g/mol. The van der Waals surface area contributed by atoms with Gasteiger partial charge in [0.15, 0.2) is 3.92 Å². The van der Waals surface area contributed by atoms with Crippen molar-refractivity contribution in [3.05, 3.63) is 28.0 Å². The Morgan fingerprint density at radius 2 is 2.29 bits per heavy atom. The fourth-order valence-electron chi connectivity index (χ4n) is 1.32. The van der Waals surface area contributed by atoms with Crippen molar-refractivity contribution in [3.8, 4) is 0 Å². The van der Waals surface area contributed by atoms with Gasteiger partial charge in [0.25, 0.3) is 0 Å². The van der Waals surface area contributed by atoms with Gasteiger partial charge < -0.3 is 4.42 Å². The average Bonchev–Trinajstić information content (AvgIpc) is 2.93. The van der Waals surface area contributed by atoms with Crippen molar-refractivity contribution in [2.75, 3.05) is 0 Å². The van der Waals surface area contributed by atoms with Gasteiger partial charge in [-0.05, 0) is 22.4 Å². The minimum Gasteiger partial charge on any atom is -0.445 e. The molecular weight excluding hydrogens is 320 g/mol. The van der Waals surface area contributed by atoms with Gasteiger partial charge in [-0.3, -0.25) is 0 Å². The van der Waals surface area contributed by atoms with Crippen LogP contribution < -0.4 is 0 Å². The van der Waals surface area contributed by atoms with Gasteiger partial charge in [-0.25, -0.2) is 9.97 Å². The van der Waals surface area contributed by atoms with E-state index in [0.717, 1.165) is 34.2 Å². The second kappa shape index (κ2) is 6.56. The molecule has 0 saturated heterocycles. The lowest BCUT2D eigenvalue weighted by atomic mass is 10.2. The molecule has 6 heteroatoms. The molecule has 0 N–H and O–H groups in total. The molecule has 0 aliphatic carbocycles. The van der Waals surface area contributed by atoms with Crippen LogP contribution >= 0.6 is 39.0 Å². The van der Waals surface area contributed by atoms with Crippen molar-refractivity contribution >= 4 is 39.0 Å². The van der Waals surface area contributed by atoms with Crippen molar-refractivity contribution in [3.63, 3.8) is 0 Å². The van der Waals surface area contributed by atoms with E-state index in [0.29, 0.717) is 0 Å². The number of halogens is 1. The van der Waals surface area contributed by atoms with E-state index in [1.807, 2.05) is 12.4 Å². The Morgan fingerprint density at radius 3 is 3.00 bits per heavy atom. The molecular formula is C11H13BrN2OS2. The first kappa shape index (κ1) is 13.1. The molecule has 2 rings (SSSR count). The standard InChI is InChI=1S/C11H13BrN2OS2/c1-2-3-4-8-5-13-9(15-8)7-16-10-6-14-11(12)17-10/h5-6H,2-4,7H2,1H3. The molecule has 0 spiro atoms. The number of thioether (sulfide) groups is 1. The molecule has 0 saturated carbocycles. The number of oxazole rings is 1. The Hall–Kier alpha value is -0.330. The molecule has 0 unspecified atom stereocenters. The van der Waals surface area contributed by atoms with E-state index in [1.54, 1.807) is 23.1 Å². The third-order valence-corrected chi connectivity index (χ3v) is 4.83. The molecule has 2 aromatic rings. The van der Waals surface area contributed by atoms with Gasteiger partial charge in [-0.2, -0.15) is 0 Å². The molecule has 2 heterocycles. The molecule has 0 aliphatic rings. The van der Waals surface area contributed by atoms with Gasteiger partial charge in [-0.1, -0.05) is 13.3 Å². The van der Waals surface area contributed by atoms with E-state index >= 15 is 0 Å².